The number of benzene rings is 1. The molecular formula is C27H36N4O5S. The van der Waals surface area contributed by atoms with E-state index in [1.807, 2.05) is 26.0 Å². The predicted octanol–water partition coefficient (Wildman–Crippen LogP) is 2.87. The smallest absolute Gasteiger partial charge is 0.252 e. The van der Waals surface area contributed by atoms with Crippen molar-refractivity contribution in [2.75, 3.05) is 50.8 Å². The largest absolute Gasteiger partial charge is 0.354 e. The van der Waals surface area contributed by atoms with Crippen molar-refractivity contribution < 1.29 is 22.7 Å². The van der Waals surface area contributed by atoms with Crippen molar-refractivity contribution in [3.05, 3.63) is 53.2 Å². The van der Waals surface area contributed by atoms with Crippen LogP contribution in [0.25, 0.3) is 0 Å². The second kappa shape index (κ2) is 10.7. The standard InChI is InChI=1S/C27H36N4O5S/c1-20-3-5-24(17-21(20)2)37(33,34)31-13-11-30(12-14-31)25-6-4-23(19-28-25)26(32)29-18-22-7-9-27(10-8-22)35-15-16-36-27/h3-6,17,19,22H,7-16,18H2,1-2H3,(H,29,32). The molecule has 37 heavy (non-hydrogen) atoms. The van der Waals surface area contributed by atoms with Crippen LogP contribution in [0.2, 0.25) is 0 Å². The van der Waals surface area contributed by atoms with Gasteiger partial charge in [0, 0.05) is 51.8 Å². The third-order valence-corrected chi connectivity index (χ3v) is 9.82. The lowest BCUT2D eigenvalue weighted by Gasteiger charge is -2.35. The van der Waals surface area contributed by atoms with Gasteiger partial charge < -0.3 is 19.7 Å². The average Bonchev–Trinajstić information content (AvgIpc) is 3.37. The maximum Gasteiger partial charge on any atom is 0.252 e. The lowest BCUT2D eigenvalue weighted by atomic mass is 9.85. The Morgan fingerprint density at radius 1 is 1.03 bits per heavy atom. The number of sulfonamides is 1. The molecule has 1 aliphatic carbocycles. The highest BCUT2D eigenvalue weighted by Crippen LogP contribution is 2.38. The van der Waals surface area contributed by atoms with Crippen molar-refractivity contribution in [3.8, 4) is 0 Å². The molecule has 10 heteroatoms. The van der Waals surface area contributed by atoms with E-state index in [0.29, 0.717) is 62.3 Å². The lowest BCUT2D eigenvalue weighted by molar-refractivity contribution is -0.182. The van der Waals surface area contributed by atoms with Gasteiger partial charge in [0.2, 0.25) is 10.0 Å². The molecule has 0 unspecified atom stereocenters. The van der Waals surface area contributed by atoms with Gasteiger partial charge in [0.05, 0.1) is 23.7 Å². The number of aromatic nitrogens is 1. The molecule has 1 saturated carbocycles. The van der Waals surface area contributed by atoms with E-state index in [1.54, 1.807) is 24.4 Å². The molecular weight excluding hydrogens is 492 g/mol. The summed E-state index contributed by atoms with van der Waals surface area (Å²) in [5, 5.41) is 3.04. The Kier molecular flexibility index (Phi) is 7.53. The number of anilines is 1. The maximum atomic E-state index is 13.1. The van der Waals surface area contributed by atoms with E-state index >= 15 is 0 Å². The summed E-state index contributed by atoms with van der Waals surface area (Å²) in [5.74, 6) is 0.660. The molecule has 1 spiro atoms. The first-order valence-electron chi connectivity index (χ1n) is 13.1. The fourth-order valence-electron chi connectivity index (χ4n) is 5.33. The van der Waals surface area contributed by atoms with Gasteiger partial charge in [-0.3, -0.25) is 4.79 Å². The van der Waals surface area contributed by atoms with Crippen molar-refractivity contribution in [2.45, 2.75) is 50.2 Å². The number of piperazine rings is 1. The Morgan fingerprint density at radius 2 is 1.73 bits per heavy atom. The van der Waals surface area contributed by atoms with Crippen molar-refractivity contribution in [1.29, 1.82) is 0 Å². The Labute approximate surface area is 219 Å². The fourth-order valence-corrected chi connectivity index (χ4v) is 6.84. The summed E-state index contributed by atoms with van der Waals surface area (Å²) in [5.41, 5.74) is 2.56. The summed E-state index contributed by atoms with van der Waals surface area (Å²) >= 11 is 0. The fraction of sp³-hybridized carbons (Fsp3) is 0.556. The first-order valence-corrected chi connectivity index (χ1v) is 14.5. The van der Waals surface area contributed by atoms with Gasteiger partial charge in [0.1, 0.15) is 5.82 Å². The van der Waals surface area contributed by atoms with Crippen LogP contribution in [0.15, 0.2) is 41.4 Å². The summed E-state index contributed by atoms with van der Waals surface area (Å²) in [6.07, 6.45) is 5.30. The quantitative estimate of drug-likeness (QED) is 0.615. The molecule has 9 nitrogen and oxygen atoms in total. The van der Waals surface area contributed by atoms with Crippen molar-refractivity contribution in [3.63, 3.8) is 0 Å². The van der Waals surface area contributed by atoms with E-state index in [2.05, 4.69) is 15.2 Å². The summed E-state index contributed by atoms with van der Waals surface area (Å²) in [4.78, 5) is 19.6. The molecule has 1 aromatic carbocycles. The van der Waals surface area contributed by atoms with Gasteiger partial charge in [-0.1, -0.05) is 6.07 Å². The minimum absolute atomic E-state index is 0.128. The minimum Gasteiger partial charge on any atom is -0.354 e. The normalized spacial score (nSPS) is 20.9. The average molecular weight is 529 g/mol. The number of amides is 1. The first kappa shape index (κ1) is 26.1. The Bertz CT molecular complexity index is 1210. The number of hydrogen-bond donors (Lipinski definition) is 1. The number of aryl methyl sites for hydroxylation is 2. The van der Waals surface area contributed by atoms with Crippen molar-refractivity contribution >= 4 is 21.7 Å². The predicted molar refractivity (Wildman–Crippen MR) is 140 cm³/mol. The highest BCUT2D eigenvalue weighted by Gasteiger charge is 2.40. The second-order valence-electron chi connectivity index (χ2n) is 10.3. The molecule has 1 amide bonds. The van der Waals surface area contributed by atoms with E-state index < -0.39 is 10.0 Å². The molecule has 0 atom stereocenters. The van der Waals surface area contributed by atoms with Gasteiger partial charge in [0.25, 0.3) is 5.91 Å². The molecule has 3 heterocycles. The zero-order chi connectivity index (χ0) is 26.0. The number of rotatable bonds is 6. The zero-order valence-corrected chi connectivity index (χ0v) is 22.4. The minimum atomic E-state index is -3.53. The summed E-state index contributed by atoms with van der Waals surface area (Å²) in [6.45, 7) is 7.73. The summed E-state index contributed by atoms with van der Waals surface area (Å²) in [6, 6.07) is 8.89. The summed E-state index contributed by atoms with van der Waals surface area (Å²) < 4.78 is 39.3. The molecule has 0 bridgehead atoms. The molecule has 3 aliphatic rings. The monoisotopic (exact) mass is 528 g/mol. The Morgan fingerprint density at radius 3 is 2.35 bits per heavy atom. The number of nitrogens with zero attached hydrogens (tertiary/aromatic N) is 3. The summed E-state index contributed by atoms with van der Waals surface area (Å²) in [7, 11) is -3.53. The van der Waals surface area contributed by atoms with Crippen molar-refractivity contribution in [1.82, 2.24) is 14.6 Å². The van der Waals surface area contributed by atoms with Crippen LogP contribution in [0.5, 0.6) is 0 Å². The van der Waals surface area contributed by atoms with Gasteiger partial charge in [0.15, 0.2) is 5.79 Å². The number of carbonyl (C=O) groups excluding carboxylic acids is 1. The van der Waals surface area contributed by atoms with Crippen LogP contribution in [0.3, 0.4) is 0 Å². The van der Waals surface area contributed by atoms with Gasteiger partial charge >= 0.3 is 0 Å². The Balaban J connectivity index is 1.11. The van der Waals surface area contributed by atoms with E-state index in [0.717, 1.165) is 42.6 Å². The molecule has 3 fully saturated rings. The Hall–Kier alpha value is -2.53. The van der Waals surface area contributed by atoms with Gasteiger partial charge in [-0.15, -0.1) is 0 Å². The number of nitrogens with one attached hydrogen (secondary N) is 1. The van der Waals surface area contributed by atoms with Crippen LogP contribution in [0.4, 0.5) is 5.82 Å². The number of carbonyl (C=O) groups is 1. The zero-order valence-electron chi connectivity index (χ0n) is 21.6. The van der Waals surface area contributed by atoms with Gasteiger partial charge in [-0.2, -0.15) is 4.31 Å². The first-order chi connectivity index (χ1) is 17.8. The number of hydrogen-bond acceptors (Lipinski definition) is 7. The third kappa shape index (κ3) is 5.67. The number of pyridine rings is 1. The van der Waals surface area contributed by atoms with E-state index in [1.165, 1.54) is 4.31 Å². The van der Waals surface area contributed by atoms with Crippen LogP contribution in [0, 0.1) is 19.8 Å². The maximum absolute atomic E-state index is 13.1. The topological polar surface area (TPSA) is 101 Å². The molecule has 1 aromatic heterocycles. The third-order valence-electron chi connectivity index (χ3n) is 7.92. The van der Waals surface area contributed by atoms with Gasteiger partial charge in [-0.05, 0) is 68.0 Å². The highest BCUT2D eigenvalue weighted by atomic mass is 32.2. The van der Waals surface area contributed by atoms with Crippen LogP contribution in [-0.4, -0.2) is 75.3 Å². The second-order valence-corrected chi connectivity index (χ2v) is 12.2. The van der Waals surface area contributed by atoms with E-state index in [-0.39, 0.29) is 11.7 Å². The number of ether oxygens (including phenoxy) is 2. The molecule has 2 aromatic rings. The SMILES string of the molecule is Cc1ccc(S(=O)(=O)N2CCN(c3ccc(C(=O)NCC4CCC5(CC4)OCCO5)cn3)CC2)cc1C. The van der Waals surface area contributed by atoms with Crippen LogP contribution >= 0.6 is 0 Å². The van der Waals surface area contributed by atoms with Crippen molar-refractivity contribution in [2.24, 2.45) is 5.92 Å². The molecule has 200 valence electrons. The molecule has 5 rings (SSSR count). The van der Waals surface area contributed by atoms with Crippen LogP contribution < -0.4 is 10.2 Å². The van der Waals surface area contributed by atoms with E-state index in [4.69, 9.17) is 9.47 Å². The van der Waals surface area contributed by atoms with Crippen LogP contribution in [0.1, 0.15) is 47.2 Å². The molecule has 2 aliphatic heterocycles. The molecule has 2 saturated heterocycles. The van der Waals surface area contributed by atoms with Crippen LogP contribution in [-0.2, 0) is 19.5 Å². The molecule has 1 N–H and O–H groups in total. The van der Waals surface area contributed by atoms with Gasteiger partial charge in [-0.25, -0.2) is 13.4 Å². The van der Waals surface area contributed by atoms with E-state index in [9.17, 15) is 13.2 Å². The molecule has 0 radical (unpaired) electrons. The highest BCUT2D eigenvalue weighted by molar-refractivity contribution is 7.89. The lowest BCUT2D eigenvalue weighted by Crippen LogP contribution is -2.48.